The average molecular weight is 509 g/mol. The van der Waals surface area contributed by atoms with Crippen LogP contribution in [0.25, 0.3) is 0 Å². The fourth-order valence-electron chi connectivity index (χ4n) is 4.05. The molecule has 1 aliphatic heterocycles. The zero-order valence-electron chi connectivity index (χ0n) is 17.9. The highest BCUT2D eigenvalue weighted by atomic mass is 127. The van der Waals surface area contributed by atoms with Gasteiger partial charge in [0.1, 0.15) is 0 Å². The molecule has 0 bridgehead atoms. The summed E-state index contributed by atoms with van der Waals surface area (Å²) in [5.74, 6) is 0.866. The molecule has 2 fully saturated rings. The van der Waals surface area contributed by atoms with E-state index in [1.165, 1.54) is 32.1 Å². The number of nitrogens with one attached hydrogen (secondary N) is 2. The van der Waals surface area contributed by atoms with E-state index in [2.05, 4.69) is 27.6 Å². The zero-order valence-corrected chi connectivity index (χ0v) is 20.2. The molecule has 164 valence electrons. The van der Waals surface area contributed by atoms with E-state index in [1.54, 1.807) is 4.90 Å². The molecule has 2 aliphatic rings. The summed E-state index contributed by atoms with van der Waals surface area (Å²) in [6.07, 6.45) is 9.67. The molecule has 1 aliphatic carbocycles. The summed E-state index contributed by atoms with van der Waals surface area (Å²) in [6.45, 7) is 5.81. The van der Waals surface area contributed by atoms with Gasteiger partial charge < -0.3 is 25.2 Å². The predicted molar refractivity (Wildman–Crippen MR) is 126 cm³/mol. The van der Waals surface area contributed by atoms with Crippen LogP contribution in [0.4, 0.5) is 4.79 Å². The van der Waals surface area contributed by atoms with Crippen molar-refractivity contribution in [2.24, 2.45) is 4.99 Å². The minimum absolute atomic E-state index is 0. The first-order chi connectivity index (χ1) is 13.1. The van der Waals surface area contributed by atoms with Gasteiger partial charge in [-0.1, -0.05) is 19.3 Å². The Hall–Kier alpha value is -0.770. The third-order valence-electron chi connectivity index (χ3n) is 5.76. The van der Waals surface area contributed by atoms with Crippen LogP contribution in [0.2, 0.25) is 0 Å². The number of carbonyl (C=O) groups is 1. The van der Waals surface area contributed by atoms with E-state index in [4.69, 9.17) is 4.74 Å². The topological polar surface area (TPSA) is 69.2 Å². The Morgan fingerprint density at radius 2 is 1.86 bits per heavy atom. The smallest absolute Gasteiger partial charge is 0.409 e. The van der Waals surface area contributed by atoms with Gasteiger partial charge in [-0.05, 0) is 52.6 Å². The van der Waals surface area contributed by atoms with Crippen LogP contribution in [0, 0.1) is 0 Å². The summed E-state index contributed by atoms with van der Waals surface area (Å²) in [7, 11) is 4.08. The van der Waals surface area contributed by atoms with Crippen molar-refractivity contribution in [1.82, 2.24) is 20.4 Å². The molecule has 1 heterocycles. The zero-order chi connectivity index (χ0) is 19.5. The quantitative estimate of drug-likeness (QED) is 0.239. The maximum absolute atomic E-state index is 11.8. The van der Waals surface area contributed by atoms with Crippen molar-refractivity contribution in [2.45, 2.75) is 70.4 Å². The van der Waals surface area contributed by atoms with Crippen molar-refractivity contribution in [1.29, 1.82) is 0 Å². The van der Waals surface area contributed by atoms with E-state index >= 15 is 0 Å². The second kappa shape index (κ2) is 14.3. The number of nitrogens with zero attached hydrogens (tertiary/aromatic N) is 3. The number of piperidine rings is 1. The van der Waals surface area contributed by atoms with Crippen molar-refractivity contribution in [2.75, 3.05) is 46.9 Å². The van der Waals surface area contributed by atoms with Crippen LogP contribution in [0.1, 0.15) is 58.3 Å². The molecular formula is C20H40IN5O2. The van der Waals surface area contributed by atoms with Gasteiger partial charge in [0.2, 0.25) is 0 Å². The fraction of sp³-hybridized carbons (Fsp3) is 0.900. The van der Waals surface area contributed by atoms with Gasteiger partial charge >= 0.3 is 6.09 Å². The van der Waals surface area contributed by atoms with Gasteiger partial charge in [0.15, 0.2) is 5.96 Å². The molecule has 0 aromatic rings. The first-order valence-electron chi connectivity index (χ1n) is 10.7. The van der Waals surface area contributed by atoms with Gasteiger partial charge in [0.05, 0.1) is 6.61 Å². The normalized spacial score (nSPS) is 19.3. The SMILES string of the molecule is CCOC(=O)N1CCC(NC(=NC)NCCCN(C)C2CCCCC2)CC1.I. The number of hydrogen-bond acceptors (Lipinski definition) is 4. The number of likely N-dealkylation sites (tertiary alicyclic amines) is 1. The Morgan fingerprint density at radius 3 is 2.46 bits per heavy atom. The van der Waals surface area contributed by atoms with Gasteiger partial charge in [-0.2, -0.15) is 0 Å². The third kappa shape index (κ3) is 8.71. The van der Waals surface area contributed by atoms with Gasteiger partial charge in [-0.3, -0.25) is 4.99 Å². The Bertz CT molecular complexity index is 464. The number of rotatable bonds is 7. The summed E-state index contributed by atoms with van der Waals surface area (Å²) < 4.78 is 5.07. The highest BCUT2D eigenvalue weighted by molar-refractivity contribution is 14.0. The highest BCUT2D eigenvalue weighted by Gasteiger charge is 2.24. The Balaban J connectivity index is 0.00000392. The van der Waals surface area contributed by atoms with Gasteiger partial charge in [-0.15, -0.1) is 24.0 Å². The van der Waals surface area contributed by atoms with Crippen molar-refractivity contribution in [3.8, 4) is 0 Å². The molecule has 1 amide bonds. The summed E-state index contributed by atoms with van der Waals surface area (Å²) in [6, 6.07) is 1.13. The Labute approximate surface area is 188 Å². The molecule has 2 N–H and O–H groups in total. The third-order valence-corrected chi connectivity index (χ3v) is 5.76. The first kappa shape index (κ1) is 25.3. The number of guanidine groups is 1. The number of aliphatic imine (C=N–C) groups is 1. The fourth-order valence-corrected chi connectivity index (χ4v) is 4.05. The lowest BCUT2D eigenvalue weighted by atomic mass is 9.94. The van der Waals surface area contributed by atoms with Crippen LogP contribution in [0.15, 0.2) is 4.99 Å². The monoisotopic (exact) mass is 509 g/mol. The molecule has 8 heteroatoms. The Kier molecular flexibility index (Phi) is 12.9. The molecule has 0 aromatic heterocycles. The van der Waals surface area contributed by atoms with Crippen molar-refractivity contribution in [3.05, 3.63) is 0 Å². The Morgan fingerprint density at radius 1 is 1.18 bits per heavy atom. The van der Waals surface area contributed by atoms with Gasteiger partial charge in [0.25, 0.3) is 0 Å². The van der Waals surface area contributed by atoms with E-state index < -0.39 is 0 Å². The second-order valence-corrected chi connectivity index (χ2v) is 7.73. The molecule has 0 aromatic carbocycles. The maximum atomic E-state index is 11.8. The van der Waals surface area contributed by atoms with Gasteiger partial charge in [-0.25, -0.2) is 4.79 Å². The van der Waals surface area contributed by atoms with E-state index in [0.717, 1.165) is 57.4 Å². The molecule has 0 unspecified atom stereocenters. The van der Waals surface area contributed by atoms with Crippen molar-refractivity contribution < 1.29 is 9.53 Å². The first-order valence-corrected chi connectivity index (χ1v) is 10.7. The van der Waals surface area contributed by atoms with Crippen LogP contribution in [0.3, 0.4) is 0 Å². The summed E-state index contributed by atoms with van der Waals surface area (Å²) in [5, 5.41) is 6.93. The largest absolute Gasteiger partial charge is 0.450 e. The minimum atomic E-state index is -0.194. The molecule has 0 atom stereocenters. The van der Waals surface area contributed by atoms with Crippen LogP contribution in [-0.4, -0.2) is 80.8 Å². The van der Waals surface area contributed by atoms with E-state index in [0.29, 0.717) is 12.6 Å². The maximum Gasteiger partial charge on any atom is 0.409 e. The molecule has 0 spiro atoms. The van der Waals surface area contributed by atoms with Crippen molar-refractivity contribution >= 4 is 36.0 Å². The molecule has 2 rings (SSSR count). The lowest BCUT2D eigenvalue weighted by molar-refractivity contribution is 0.0963. The van der Waals surface area contributed by atoms with Crippen molar-refractivity contribution in [3.63, 3.8) is 0 Å². The van der Waals surface area contributed by atoms with E-state index in [-0.39, 0.29) is 30.1 Å². The number of halogens is 1. The molecule has 0 radical (unpaired) electrons. The van der Waals surface area contributed by atoms with Crippen LogP contribution in [0.5, 0.6) is 0 Å². The predicted octanol–water partition coefficient (Wildman–Crippen LogP) is 3.04. The van der Waals surface area contributed by atoms with E-state index in [1.807, 2.05) is 14.0 Å². The molecule has 7 nitrogen and oxygen atoms in total. The number of ether oxygens (including phenoxy) is 1. The second-order valence-electron chi connectivity index (χ2n) is 7.73. The van der Waals surface area contributed by atoms with Crippen LogP contribution in [-0.2, 0) is 4.74 Å². The minimum Gasteiger partial charge on any atom is -0.450 e. The summed E-state index contributed by atoms with van der Waals surface area (Å²) >= 11 is 0. The molecular weight excluding hydrogens is 469 g/mol. The number of amides is 1. The summed E-state index contributed by atoms with van der Waals surface area (Å²) in [4.78, 5) is 20.4. The highest BCUT2D eigenvalue weighted by Crippen LogP contribution is 2.21. The molecule has 1 saturated carbocycles. The molecule has 1 saturated heterocycles. The van der Waals surface area contributed by atoms with Crippen LogP contribution < -0.4 is 10.6 Å². The molecule has 28 heavy (non-hydrogen) atoms. The van der Waals surface area contributed by atoms with Crippen LogP contribution >= 0.6 is 24.0 Å². The standard InChI is InChI=1S/C20H39N5O2.HI/c1-4-27-20(26)25-15-11-17(12-16-25)23-19(21-2)22-13-8-14-24(3)18-9-6-5-7-10-18;/h17-18H,4-16H2,1-3H3,(H2,21,22,23);1H. The lowest BCUT2D eigenvalue weighted by Crippen LogP contribution is -2.50. The van der Waals surface area contributed by atoms with Gasteiger partial charge in [0, 0.05) is 38.8 Å². The number of hydrogen-bond donors (Lipinski definition) is 2. The number of carbonyl (C=O) groups excluding carboxylic acids is 1. The average Bonchev–Trinajstić information content (AvgIpc) is 2.71. The lowest BCUT2D eigenvalue weighted by Gasteiger charge is -2.32. The summed E-state index contributed by atoms with van der Waals surface area (Å²) in [5.41, 5.74) is 0. The van der Waals surface area contributed by atoms with E-state index in [9.17, 15) is 4.79 Å².